The highest BCUT2D eigenvalue weighted by molar-refractivity contribution is 5.95. The van der Waals surface area contributed by atoms with Gasteiger partial charge in [0.25, 0.3) is 5.91 Å². The first kappa shape index (κ1) is 14.3. The highest BCUT2D eigenvalue weighted by Gasteiger charge is 2.07. The smallest absolute Gasteiger partial charge is 0.251 e. The van der Waals surface area contributed by atoms with Gasteiger partial charge in [-0.05, 0) is 12.1 Å². The topological polar surface area (TPSA) is 88.0 Å². The van der Waals surface area contributed by atoms with Gasteiger partial charge in [-0.25, -0.2) is 0 Å². The van der Waals surface area contributed by atoms with Crippen LogP contribution in [0.4, 0.5) is 0 Å². The van der Waals surface area contributed by atoms with Crippen molar-refractivity contribution < 1.29 is 24.5 Å². The van der Waals surface area contributed by atoms with Gasteiger partial charge in [0, 0.05) is 25.3 Å². The third kappa shape index (κ3) is 5.03. The lowest BCUT2D eigenvalue weighted by Crippen LogP contribution is -2.27. The molecule has 1 aromatic rings. The monoisotopic (exact) mass is 255 g/mol. The molecule has 18 heavy (non-hydrogen) atoms. The molecule has 1 rings (SSSR count). The number of carbonyl (C=O) groups excluding carboxylic acids is 1. The van der Waals surface area contributed by atoms with E-state index in [-0.39, 0.29) is 23.0 Å². The molecule has 0 aliphatic heterocycles. The van der Waals surface area contributed by atoms with E-state index in [1.165, 1.54) is 12.1 Å². The quantitative estimate of drug-likeness (QED) is 0.617. The Morgan fingerprint density at radius 2 is 1.83 bits per heavy atom. The number of nitrogens with one attached hydrogen (secondary N) is 1. The van der Waals surface area contributed by atoms with Crippen LogP contribution in [0.25, 0.3) is 0 Å². The predicted molar refractivity (Wildman–Crippen MR) is 64.8 cm³/mol. The first-order chi connectivity index (χ1) is 8.63. The maximum atomic E-state index is 11.6. The van der Waals surface area contributed by atoms with Crippen molar-refractivity contribution in [1.82, 2.24) is 5.32 Å². The minimum absolute atomic E-state index is 0.156. The third-order valence-electron chi connectivity index (χ3n) is 2.13. The number of amides is 1. The van der Waals surface area contributed by atoms with Gasteiger partial charge in [-0.3, -0.25) is 4.79 Å². The van der Waals surface area contributed by atoms with Crippen molar-refractivity contribution in [1.29, 1.82) is 0 Å². The lowest BCUT2D eigenvalue weighted by Gasteiger charge is -2.07. The van der Waals surface area contributed by atoms with Gasteiger partial charge in [-0.2, -0.15) is 0 Å². The fourth-order valence-corrected chi connectivity index (χ4v) is 1.31. The molecule has 6 nitrogen and oxygen atoms in total. The number of rotatable bonds is 7. The molecule has 3 N–H and O–H groups in total. The molecule has 0 saturated heterocycles. The first-order valence-corrected chi connectivity index (χ1v) is 5.51. The van der Waals surface area contributed by atoms with Crippen molar-refractivity contribution >= 4 is 5.91 Å². The molecule has 0 aliphatic carbocycles. The standard InChI is InChI=1S/C12H17NO5/c1-17-4-5-18-3-2-13-12(16)9-6-10(14)8-11(15)7-9/h6-8,14-15H,2-5H2,1H3,(H,13,16). The lowest BCUT2D eigenvalue weighted by atomic mass is 10.2. The Labute approximate surface area is 105 Å². The molecule has 1 aromatic carbocycles. The summed E-state index contributed by atoms with van der Waals surface area (Å²) in [5, 5.41) is 21.1. The van der Waals surface area contributed by atoms with Crippen LogP contribution in [0.15, 0.2) is 18.2 Å². The number of hydrogen-bond donors (Lipinski definition) is 3. The van der Waals surface area contributed by atoms with Crippen molar-refractivity contribution in [2.45, 2.75) is 0 Å². The number of phenolic OH excluding ortho intramolecular Hbond substituents is 2. The Morgan fingerprint density at radius 3 is 2.44 bits per heavy atom. The van der Waals surface area contributed by atoms with Gasteiger partial charge in [-0.15, -0.1) is 0 Å². The molecule has 0 heterocycles. The van der Waals surface area contributed by atoms with E-state index < -0.39 is 0 Å². The van der Waals surface area contributed by atoms with Gasteiger partial charge in [0.2, 0.25) is 0 Å². The van der Waals surface area contributed by atoms with Gasteiger partial charge in [0.15, 0.2) is 0 Å². The van der Waals surface area contributed by atoms with E-state index in [0.717, 1.165) is 6.07 Å². The molecule has 0 radical (unpaired) electrons. The molecule has 6 heteroatoms. The van der Waals surface area contributed by atoms with Crippen molar-refractivity contribution in [3.05, 3.63) is 23.8 Å². The number of carbonyl (C=O) groups is 1. The van der Waals surface area contributed by atoms with E-state index in [0.29, 0.717) is 26.4 Å². The van der Waals surface area contributed by atoms with E-state index in [2.05, 4.69) is 5.32 Å². The number of methoxy groups -OCH3 is 1. The molecular formula is C12H17NO5. The van der Waals surface area contributed by atoms with Crippen LogP contribution in [0, 0.1) is 0 Å². The normalized spacial score (nSPS) is 10.3. The second kappa shape index (κ2) is 7.52. The maximum Gasteiger partial charge on any atom is 0.251 e. The van der Waals surface area contributed by atoms with Crippen LogP contribution in [0.5, 0.6) is 11.5 Å². The van der Waals surface area contributed by atoms with E-state index >= 15 is 0 Å². The van der Waals surface area contributed by atoms with Crippen LogP contribution >= 0.6 is 0 Å². The average molecular weight is 255 g/mol. The summed E-state index contributed by atoms with van der Waals surface area (Å²) in [5.41, 5.74) is 0.199. The minimum Gasteiger partial charge on any atom is -0.508 e. The number of ether oxygens (including phenoxy) is 2. The highest BCUT2D eigenvalue weighted by Crippen LogP contribution is 2.20. The van der Waals surface area contributed by atoms with Gasteiger partial charge >= 0.3 is 0 Å². The molecule has 1 amide bonds. The zero-order valence-electron chi connectivity index (χ0n) is 10.2. The summed E-state index contributed by atoms with van der Waals surface area (Å²) in [5.74, 6) is -0.690. The fourth-order valence-electron chi connectivity index (χ4n) is 1.31. The Kier molecular flexibility index (Phi) is 5.96. The summed E-state index contributed by atoms with van der Waals surface area (Å²) in [7, 11) is 1.58. The Morgan fingerprint density at radius 1 is 1.17 bits per heavy atom. The Bertz CT molecular complexity index is 374. The van der Waals surface area contributed by atoms with Gasteiger partial charge in [-0.1, -0.05) is 0 Å². The molecule has 0 fully saturated rings. The summed E-state index contributed by atoms with van der Waals surface area (Å²) >= 11 is 0. The minimum atomic E-state index is -0.378. The zero-order valence-corrected chi connectivity index (χ0v) is 10.2. The second-order valence-corrected chi connectivity index (χ2v) is 3.60. The third-order valence-corrected chi connectivity index (χ3v) is 2.13. The van der Waals surface area contributed by atoms with Gasteiger partial charge in [0.05, 0.1) is 19.8 Å². The molecular weight excluding hydrogens is 238 g/mol. The van der Waals surface area contributed by atoms with Crippen LogP contribution in [-0.2, 0) is 9.47 Å². The summed E-state index contributed by atoms with van der Waals surface area (Å²) in [6.07, 6.45) is 0. The second-order valence-electron chi connectivity index (χ2n) is 3.60. The Hall–Kier alpha value is -1.79. The molecule has 0 bridgehead atoms. The van der Waals surface area contributed by atoms with E-state index in [4.69, 9.17) is 9.47 Å². The number of phenols is 2. The summed E-state index contributed by atoms with van der Waals surface area (Å²) in [4.78, 5) is 11.6. The van der Waals surface area contributed by atoms with Gasteiger partial charge < -0.3 is 25.0 Å². The SMILES string of the molecule is COCCOCCNC(=O)c1cc(O)cc(O)c1. The van der Waals surface area contributed by atoms with Crippen LogP contribution in [-0.4, -0.2) is 49.6 Å². The number of hydrogen-bond acceptors (Lipinski definition) is 5. The van der Waals surface area contributed by atoms with Crippen LogP contribution in [0.3, 0.4) is 0 Å². The van der Waals surface area contributed by atoms with Crippen molar-refractivity contribution in [3.8, 4) is 11.5 Å². The summed E-state index contributed by atoms with van der Waals surface area (Å²) in [6, 6.07) is 3.71. The molecule has 0 unspecified atom stereocenters. The Balaban J connectivity index is 2.32. The summed E-state index contributed by atoms with van der Waals surface area (Å²) in [6.45, 7) is 1.70. The summed E-state index contributed by atoms with van der Waals surface area (Å²) < 4.78 is 9.97. The number of aromatic hydroxyl groups is 2. The molecule has 0 atom stereocenters. The van der Waals surface area contributed by atoms with Crippen molar-refractivity contribution in [2.75, 3.05) is 33.5 Å². The molecule has 0 saturated carbocycles. The molecule has 100 valence electrons. The largest absolute Gasteiger partial charge is 0.508 e. The van der Waals surface area contributed by atoms with Crippen molar-refractivity contribution in [3.63, 3.8) is 0 Å². The molecule has 0 spiro atoms. The zero-order chi connectivity index (χ0) is 13.4. The van der Waals surface area contributed by atoms with Gasteiger partial charge in [0.1, 0.15) is 11.5 Å². The lowest BCUT2D eigenvalue weighted by molar-refractivity contribution is 0.0692. The maximum absolute atomic E-state index is 11.6. The number of benzene rings is 1. The van der Waals surface area contributed by atoms with Crippen LogP contribution in [0.2, 0.25) is 0 Å². The van der Waals surface area contributed by atoms with Crippen LogP contribution in [0.1, 0.15) is 10.4 Å². The van der Waals surface area contributed by atoms with Crippen LogP contribution < -0.4 is 5.32 Å². The van der Waals surface area contributed by atoms with E-state index in [1.807, 2.05) is 0 Å². The highest BCUT2D eigenvalue weighted by atomic mass is 16.5. The van der Waals surface area contributed by atoms with Crippen molar-refractivity contribution in [2.24, 2.45) is 0 Å². The van der Waals surface area contributed by atoms with E-state index in [9.17, 15) is 15.0 Å². The molecule has 0 aliphatic rings. The predicted octanol–water partition coefficient (Wildman–Crippen LogP) is 0.491. The molecule has 0 aromatic heterocycles. The van der Waals surface area contributed by atoms with E-state index in [1.54, 1.807) is 7.11 Å². The average Bonchev–Trinajstić information content (AvgIpc) is 2.32. The first-order valence-electron chi connectivity index (χ1n) is 5.51. The fraction of sp³-hybridized carbons (Fsp3) is 0.417.